The lowest BCUT2D eigenvalue weighted by Crippen LogP contribution is -2.10. The van der Waals surface area contributed by atoms with Gasteiger partial charge in [-0.2, -0.15) is 4.68 Å². The van der Waals surface area contributed by atoms with E-state index >= 15 is 0 Å². The van der Waals surface area contributed by atoms with E-state index in [-0.39, 0.29) is 17.2 Å². The van der Waals surface area contributed by atoms with E-state index in [1.54, 1.807) is 18.2 Å². The van der Waals surface area contributed by atoms with Crippen molar-refractivity contribution in [2.24, 2.45) is 0 Å². The lowest BCUT2D eigenvalue weighted by atomic mass is 10.2. The first kappa shape index (κ1) is 15.1. The van der Waals surface area contributed by atoms with Gasteiger partial charge in [0, 0.05) is 5.10 Å². The summed E-state index contributed by atoms with van der Waals surface area (Å²) in [7, 11) is -3.36. The van der Waals surface area contributed by atoms with Crippen molar-refractivity contribution in [2.45, 2.75) is 24.8 Å². The van der Waals surface area contributed by atoms with Crippen LogP contribution in [0.1, 0.15) is 12.0 Å². The summed E-state index contributed by atoms with van der Waals surface area (Å²) < 4.78 is 25.5. The van der Waals surface area contributed by atoms with E-state index in [0.717, 1.165) is 5.56 Å². The largest absolute Gasteiger partial charge is 0.490 e. The number of aryl methyl sites for hydroxylation is 2. The van der Waals surface area contributed by atoms with Crippen molar-refractivity contribution in [1.82, 2.24) is 14.8 Å². The van der Waals surface area contributed by atoms with Crippen LogP contribution in [-0.2, 0) is 16.4 Å². The van der Waals surface area contributed by atoms with Crippen LogP contribution >= 0.6 is 0 Å². The maximum absolute atomic E-state index is 12.1. The Morgan fingerprint density at radius 2 is 2.14 bits per heavy atom. The highest BCUT2D eigenvalue weighted by Crippen LogP contribution is 2.14. The molecule has 112 valence electrons. The minimum atomic E-state index is -3.36. The van der Waals surface area contributed by atoms with Crippen LogP contribution in [0.4, 0.5) is 5.95 Å². The fourth-order valence-corrected chi connectivity index (χ4v) is 3.22. The van der Waals surface area contributed by atoms with Gasteiger partial charge in [0.15, 0.2) is 9.84 Å². The first-order valence-corrected chi connectivity index (χ1v) is 7.87. The van der Waals surface area contributed by atoms with Gasteiger partial charge >= 0.3 is 5.95 Å². The van der Waals surface area contributed by atoms with Crippen molar-refractivity contribution < 1.29 is 13.3 Å². The van der Waals surface area contributed by atoms with Crippen LogP contribution in [0.15, 0.2) is 35.5 Å². The summed E-state index contributed by atoms with van der Waals surface area (Å²) in [6.45, 7) is 2.08. The van der Waals surface area contributed by atoms with E-state index in [1.807, 2.05) is 13.0 Å². The minimum absolute atomic E-state index is 0.0515. The first-order valence-electron chi connectivity index (χ1n) is 6.22. The zero-order chi connectivity index (χ0) is 15.5. The van der Waals surface area contributed by atoms with Crippen LogP contribution in [0, 0.1) is 17.0 Å². The van der Waals surface area contributed by atoms with Crippen LogP contribution in [0.5, 0.6) is 0 Å². The lowest BCUT2D eigenvalue weighted by Gasteiger charge is -2.04. The van der Waals surface area contributed by atoms with Crippen molar-refractivity contribution >= 4 is 15.8 Å². The summed E-state index contributed by atoms with van der Waals surface area (Å²) in [5.74, 6) is -0.541. The van der Waals surface area contributed by atoms with Crippen molar-refractivity contribution in [1.29, 1.82) is 0 Å². The maximum atomic E-state index is 12.1. The Labute approximate surface area is 121 Å². The zero-order valence-corrected chi connectivity index (χ0v) is 12.2. The number of hydrogen-bond acceptors (Lipinski definition) is 6. The molecule has 0 saturated heterocycles. The van der Waals surface area contributed by atoms with Crippen LogP contribution in [0.3, 0.4) is 0 Å². The number of nitro groups is 1. The molecule has 21 heavy (non-hydrogen) atoms. The van der Waals surface area contributed by atoms with Crippen LogP contribution in [0.2, 0.25) is 0 Å². The normalized spacial score (nSPS) is 11.5. The predicted octanol–water partition coefficient (Wildman–Crippen LogP) is 1.36. The first-order chi connectivity index (χ1) is 9.88. The number of sulfone groups is 1. The molecule has 0 bridgehead atoms. The average Bonchev–Trinajstić information content (AvgIpc) is 2.87. The molecule has 0 aliphatic carbocycles. The minimum Gasteiger partial charge on any atom is -0.390 e. The molecule has 0 N–H and O–H groups in total. The fraction of sp³-hybridized carbons (Fsp3) is 0.333. The summed E-state index contributed by atoms with van der Waals surface area (Å²) >= 11 is 0. The summed E-state index contributed by atoms with van der Waals surface area (Å²) in [6.07, 6.45) is 1.52. The molecular formula is C12H14N4O4S. The van der Waals surface area contributed by atoms with Crippen LogP contribution < -0.4 is 0 Å². The Morgan fingerprint density at radius 1 is 1.38 bits per heavy atom. The van der Waals surface area contributed by atoms with E-state index in [1.165, 1.54) is 11.0 Å². The second-order valence-corrected chi connectivity index (χ2v) is 6.66. The molecule has 8 nitrogen and oxygen atoms in total. The Bertz CT molecular complexity index is 754. The fourth-order valence-electron chi connectivity index (χ4n) is 1.82. The highest BCUT2D eigenvalue weighted by molar-refractivity contribution is 7.91. The smallest absolute Gasteiger partial charge is 0.390 e. The van der Waals surface area contributed by atoms with E-state index in [9.17, 15) is 18.5 Å². The number of aromatic nitrogens is 3. The Kier molecular flexibility index (Phi) is 4.32. The molecule has 1 aromatic carbocycles. The second kappa shape index (κ2) is 6.00. The van der Waals surface area contributed by atoms with Gasteiger partial charge in [0.1, 0.15) is 0 Å². The predicted molar refractivity (Wildman–Crippen MR) is 74.5 cm³/mol. The van der Waals surface area contributed by atoms with Crippen molar-refractivity contribution in [3.05, 3.63) is 46.3 Å². The summed E-state index contributed by atoms with van der Waals surface area (Å²) in [4.78, 5) is 13.5. The topological polar surface area (TPSA) is 108 Å². The molecule has 0 amide bonds. The third kappa shape index (κ3) is 3.85. The van der Waals surface area contributed by atoms with Gasteiger partial charge in [0.05, 0.1) is 17.2 Å². The van der Waals surface area contributed by atoms with Crippen molar-refractivity contribution in [3.8, 4) is 0 Å². The summed E-state index contributed by atoms with van der Waals surface area (Å²) in [5.41, 5.74) is 0.878. The Morgan fingerprint density at radius 3 is 2.76 bits per heavy atom. The van der Waals surface area contributed by atoms with E-state index in [0.29, 0.717) is 6.42 Å². The third-order valence-corrected chi connectivity index (χ3v) is 4.63. The van der Waals surface area contributed by atoms with E-state index in [2.05, 4.69) is 10.1 Å². The van der Waals surface area contributed by atoms with Crippen molar-refractivity contribution in [2.75, 3.05) is 5.75 Å². The molecule has 9 heteroatoms. The maximum Gasteiger partial charge on any atom is 0.490 e. The monoisotopic (exact) mass is 310 g/mol. The zero-order valence-electron chi connectivity index (χ0n) is 11.3. The second-order valence-electron chi connectivity index (χ2n) is 4.55. The third-order valence-electron chi connectivity index (χ3n) is 2.84. The molecule has 2 rings (SSSR count). The molecular weight excluding hydrogens is 296 g/mol. The van der Waals surface area contributed by atoms with Gasteiger partial charge in [-0.15, -0.1) is 0 Å². The van der Waals surface area contributed by atoms with Gasteiger partial charge in [0.2, 0.25) is 6.33 Å². The number of nitrogens with zero attached hydrogens (tertiary/aromatic N) is 4. The Balaban J connectivity index is 1.97. The van der Waals surface area contributed by atoms with Crippen molar-refractivity contribution in [3.63, 3.8) is 0 Å². The molecule has 0 aliphatic rings. The molecule has 2 aromatic rings. The van der Waals surface area contributed by atoms with Gasteiger partial charge in [-0.25, -0.2) is 8.42 Å². The van der Waals surface area contributed by atoms with Gasteiger partial charge in [-0.05, 0) is 36.0 Å². The van der Waals surface area contributed by atoms with Crippen LogP contribution in [0.25, 0.3) is 0 Å². The molecule has 0 fully saturated rings. The van der Waals surface area contributed by atoms with Gasteiger partial charge in [-0.1, -0.05) is 17.1 Å². The van der Waals surface area contributed by atoms with Gasteiger partial charge in [0.25, 0.3) is 0 Å². The SMILES string of the molecule is Cc1cccc(S(=O)(=O)CCCn2cnc([N+](=O)[O-])n2)c1. The molecule has 0 aliphatic heterocycles. The highest BCUT2D eigenvalue weighted by atomic mass is 32.2. The molecule has 1 heterocycles. The summed E-state index contributed by atoms with van der Waals surface area (Å²) in [5, 5.41) is 14.1. The molecule has 0 unspecified atom stereocenters. The van der Waals surface area contributed by atoms with E-state index in [4.69, 9.17) is 0 Å². The quantitative estimate of drug-likeness (QED) is 0.588. The molecule has 0 atom stereocenters. The number of benzene rings is 1. The number of hydrogen-bond donors (Lipinski definition) is 0. The average molecular weight is 310 g/mol. The lowest BCUT2D eigenvalue weighted by molar-refractivity contribution is -0.394. The molecule has 0 saturated carbocycles. The van der Waals surface area contributed by atoms with Gasteiger partial charge < -0.3 is 10.1 Å². The van der Waals surface area contributed by atoms with Gasteiger partial charge in [-0.3, -0.25) is 0 Å². The highest BCUT2D eigenvalue weighted by Gasteiger charge is 2.16. The van der Waals surface area contributed by atoms with E-state index < -0.39 is 20.7 Å². The number of rotatable bonds is 6. The van der Waals surface area contributed by atoms with Crippen LogP contribution in [-0.4, -0.2) is 33.9 Å². The summed E-state index contributed by atoms with van der Waals surface area (Å²) in [6, 6.07) is 6.70. The molecule has 0 spiro atoms. The molecule has 1 aromatic heterocycles. The Hall–Kier alpha value is -2.29. The standard InChI is InChI=1S/C12H14N4O4S/c1-10-4-2-5-11(8-10)21(19,20)7-3-6-15-9-13-12(14-15)16(17)18/h2,4-5,8-9H,3,6-7H2,1H3. The molecule has 0 radical (unpaired) electrons.